The standard InChI is InChI=1S/C21H17ClF3NO4S/c22-16-6-4-14(5-7-16)10-11-26-20(27)19-9-8-17(30-19)13-31(28,29)18-3-1-2-15(12-18)21(23,24)25/h1-9,12H,10-11,13H2,(H,26,27). The molecule has 1 N–H and O–H groups in total. The number of alkyl halides is 3. The predicted molar refractivity (Wildman–Crippen MR) is 109 cm³/mol. The Morgan fingerprint density at radius 2 is 1.74 bits per heavy atom. The largest absolute Gasteiger partial charge is 0.455 e. The van der Waals surface area contributed by atoms with E-state index in [4.69, 9.17) is 16.0 Å². The number of carbonyl (C=O) groups excluding carboxylic acids is 1. The van der Waals surface area contributed by atoms with Gasteiger partial charge in [-0.2, -0.15) is 13.2 Å². The van der Waals surface area contributed by atoms with Crippen LogP contribution in [0.2, 0.25) is 5.02 Å². The molecule has 0 unspecified atom stereocenters. The Morgan fingerprint density at radius 1 is 1.03 bits per heavy atom. The lowest BCUT2D eigenvalue weighted by Gasteiger charge is -2.09. The molecule has 0 bridgehead atoms. The third-order valence-electron chi connectivity index (χ3n) is 4.35. The number of amides is 1. The van der Waals surface area contributed by atoms with Crippen molar-refractivity contribution in [3.05, 3.63) is 88.3 Å². The van der Waals surface area contributed by atoms with E-state index >= 15 is 0 Å². The van der Waals surface area contributed by atoms with Gasteiger partial charge in [0.05, 0.1) is 10.5 Å². The highest BCUT2D eigenvalue weighted by Gasteiger charge is 2.32. The SMILES string of the molecule is O=C(NCCc1ccc(Cl)cc1)c1ccc(CS(=O)(=O)c2cccc(C(F)(F)F)c2)o1. The van der Waals surface area contributed by atoms with Crippen molar-refractivity contribution in [1.29, 1.82) is 0 Å². The molecule has 0 aliphatic heterocycles. The zero-order chi connectivity index (χ0) is 22.6. The second kappa shape index (κ2) is 9.15. The second-order valence-corrected chi connectivity index (χ2v) is 9.11. The molecule has 164 valence electrons. The van der Waals surface area contributed by atoms with Crippen LogP contribution in [-0.4, -0.2) is 20.9 Å². The molecule has 0 aliphatic rings. The van der Waals surface area contributed by atoms with E-state index < -0.39 is 38.1 Å². The summed E-state index contributed by atoms with van der Waals surface area (Å²) in [5.74, 6) is -1.35. The molecule has 0 saturated carbocycles. The van der Waals surface area contributed by atoms with Gasteiger partial charge in [-0.1, -0.05) is 29.8 Å². The summed E-state index contributed by atoms with van der Waals surface area (Å²) in [4.78, 5) is 11.7. The number of hydrogen-bond acceptors (Lipinski definition) is 4. The average Bonchev–Trinajstić information content (AvgIpc) is 3.17. The first-order chi connectivity index (χ1) is 14.5. The van der Waals surface area contributed by atoms with Gasteiger partial charge in [0.1, 0.15) is 11.5 Å². The first-order valence-corrected chi connectivity index (χ1v) is 11.1. The van der Waals surface area contributed by atoms with Crippen LogP contribution in [-0.2, 0) is 28.2 Å². The van der Waals surface area contributed by atoms with E-state index in [-0.39, 0.29) is 11.5 Å². The molecule has 0 atom stereocenters. The van der Waals surface area contributed by atoms with Crippen molar-refractivity contribution in [1.82, 2.24) is 5.32 Å². The molecule has 1 aromatic heterocycles. The maximum Gasteiger partial charge on any atom is 0.416 e. The molecular formula is C21H17ClF3NO4S. The van der Waals surface area contributed by atoms with Gasteiger partial charge in [0.25, 0.3) is 5.91 Å². The highest BCUT2D eigenvalue weighted by Crippen LogP contribution is 2.31. The summed E-state index contributed by atoms with van der Waals surface area (Å²) in [6.07, 6.45) is -4.10. The quantitative estimate of drug-likeness (QED) is 0.532. The van der Waals surface area contributed by atoms with E-state index in [2.05, 4.69) is 5.32 Å². The summed E-state index contributed by atoms with van der Waals surface area (Å²) in [6, 6.07) is 13.2. The third kappa shape index (κ3) is 6.11. The minimum atomic E-state index is -4.66. The maximum atomic E-state index is 12.8. The molecule has 31 heavy (non-hydrogen) atoms. The fourth-order valence-electron chi connectivity index (χ4n) is 2.77. The van der Waals surface area contributed by atoms with Crippen LogP contribution in [0.4, 0.5) is 13.2 Å². The van der Waals surface area contributed by atoms with Crippen molar-refractivity contribution in [2.24, 2.45) is 0 Å². The van der Waals surface area contributed by atoms with E-state index in [0.717, 1.165) is 23.8 Å². The number of rotatable bonds is 7. The van der Waals surface area contributed by atoms with E-state index in [1.807, 2.05) is 12.1 Å². The molecule has 1 amide bonds. The lowest BCUT2D eigenvalue weighted by atomic mass is 10.1. The maximum absolute atomic E-state index is 12.8. The Bertz CT molecular complexity index is 1170. The second-order valence-electron chi connectivity index (χ2n) is 6.68. The van der Waals surface area contributed by atoms with Crippen LogP contribution in [0, 0.1) is 0 Å². The molecular weight excluding hydrogens is 455 g/mol. The zero-order valence-corrected chi connectivity index (χ0v) is 17.5. The van der Waals surface area contributed by atoms with Gasteiger partial charge in [-0.15, -0.1) is 0 Å². The fourth-order valence-corrected chi connectivity index (χ4v) is 4.19. The molecule has 0 spiro atoms. The number of carbonyl (C=O) groups is 1. The van der Waals surface area contributed by atoms with Gasteiger partial charge in [0, 0.05) is 11.6 Å². The Morgan fingerprint density at radius 3 is 2.42 bits per heavy atom. The number of furan rings is 1. The summed E-state index contributed by atoms with van der Waals surface area (Å²) in [7, 11) is -4.10. The summed E-state index contributed by atoms with van der Waals surface area (Å²) < 4.78 is 68.8. The van der Waals surface area contributed by atoms with Crippen molar-refractivity contribution in [2.75, 3.05) is 6.54 Å². The zero-order valence-electron chi connectivity index (χ0n) is 15.9. The fraction of sp³-hybridized carbons (Fsp3) is 0.190. The smallest absolute Gasteiger partial charge is 0.416 e. The van der Waals surface area contributed by atoms with E-state index in [1.54, 1.807) is 12.1 Å². The number of nitrogens with one attached hydrogen (secondary N) is 1. The molecule has 3 rings (SSSR count). The molecule has 2 aromatic carbocycles. The number of benzene rings is 2. The Balaban J connectivity index is 1.62. The van der Waals surface area contributed by atoms with Crippen molar-refractivity contribution in [3.63, 3.8) is 0 Å². The van der Waals surface area contributed by atoms with Crippen LogP contribution in [0.1, 0.15) is 27.4 Å². The van der Waals surface area contributed by atoms with Gasteiger partial charge in [0.15, 0.2) is 15.6 Å². The van der Waals surface area contributed by atoms with Gasteiger partial charge in [0.2, 0.25) is 0 Å². The van der Waals surface area contributed by atoms with Gasteiger partial charge < -0.3 is 9.73 Å². The van der Waals surface area contributed by atoms with Crippen molar-refractivity contribution in [2.45, 2.75) is 23.2 Å². The molecule has 1 heterocycles. The predicted octanol–water partition coefficient (Wildman–Crippen LogP) is 4.90. The molecule has 0 radical (unpaired) electrons. The molecule has 5 nitrogen and oxygen atoms in total. The van der Waals surface area contributed by atoms with E-state index in [9.17, 15) is 26.4 Å². The molecule has 0 saturated heterocycles. The van der Waals surface area contributed by atoms with Crippen LogP contribution >= 0.6 is 11.6 Å². The van der Waals surface area contributed by atoms with E-state index in [1.165, 1.54) is 12.1 Å². The number of halogens is 4. The van der Waals surface area contributed by atoms with Gasteiger partial charge in [-0.3, -0.25) is 4.79 Å². The Labute approximate surface area is 181 Å². The normalized spacial score (nSPS) is 12.0. The minimum Gasteiger partial charge on any atom is -0.455 e. The van der Waals surface area contributed by atoms with Crippen LogP contribution in [0.3, 0.4) is 0 Å². The number of sulfone groups is 1. The van der Waals surface area contributed by atoms with Crippen LogP contribution in [0.5, 0.6) is 0 Å². The summed E-state index contributed by atoms with van der Waals surface area (Å²) >= 11 is 5.82. The highest BCUT2D eigenvalue weighted by atomic mass is 35.5. The minimum absolute atomic E-state index is 0.0553. The van der Waals surface area contributed by atoms with Crippen molar-refractivity contribution >= 4 is 27.3 Å². The van der Waals surface area contributed by atoms with Gasteiger partial charge in [-0.25, -0.2) is 8.42 Å². The number of hydrogen-bond donors (Lipinski definition) is 1. The summed E-state index contributed by atoms with van der Waals surface area (Å²) in [5.41, 5.74) is -0.0919. The Kier molecular flexibility index (Phi) is 6.76. The third-order valence-corrected chi connectivity index (χ3v) is 6.24. The van der Waals surface area contributed by atoms with Gasteiger partial charge >= 0.3 is 6.18 Å². The topological polar surface area (TPSA) is 76.4 Å². The molecule has 0 aliphatic carbocycles. The van der Waals surface area contributed by atoms with Crippen LogP contribution in [0.25, 0.3) is 0 Å². The first kappa shape index (κ1) is 22.9. The van der Waals surface area contributed by atoms with Crippen molar-refractivity contribution in [3.8, 4) is 0 Å². The summed E-state index contributed by atoms with van der Waals surface area (Å²) in [6.45, 7) is 0.318. The lowest BCUT2D eigenvalue weighted by molar-refractivity contribution is -0.137. The molecule has 3 aromatic rings. The first-order valence-electron chi connectivity index (χ1n) is 9.06. The van der Waals surface area contributed by atoms with Gasteiger partial charge in [-0.05, 0) is 54.4 Å². The average molecular weight is 472 g/mol. The molecule has 0 fully saturated rings. The highest BCUT2D eigenvalue weighted by molar-refractivity contribution is 7.90. The summed E-state index contributed by atoms with van der Waals surface area (Å²) in [5, 5.41) is 3.26. The Hall–Kier alpha value is -2.78. The van der Waals surface area contributed by atoms with Crippen molar-refractivity contribution < 1.29 is 30.8 Å². The van der Waals surface area contributed by atoms with Crippen LogP contribution < -0.4 is 5.32 Å². The monoisotopic (exact) mass is 471 g/mol. The van der Waals surface area contributed by atoms with Crippen LogP contribution in [0.15, 0.2) is 70.0 Å². The van der Waals surface area contributed by atoms with E-state index in [0.29, 0.717) is 24.1 Å². The molecule has 10 heteroatoms. The lowest BCUT2D eigenvalue weighted by Crippen LogP contribution is -2.25.